The molecular formula is C15H16Cl2N2OS. The summed E-state index contributed by atoms with van der Waals surface area (Å²) in [5, 5.41) is 2.63. The van der Waals surface area contributed by atoms with Gasteiger partial charge in [-0.1, -0.05) is 23.2 Å². The smallest absolute Gasteiger partial charge is 0.248 e. The number of nitrogens with one attached hydrogen (secondary N) is 1. The lowest BCUT2D eigenvalue weighted by molar-refractivity contribution is 0.282. The van der Waals surface area contributed by atoms with Crippen molar-refractivity contribution in [3.05, 3.63) is 38.6 Å². The Morgan fingerprint density at radius 2 is 2.00 bits per heavy atom. The van der Waals surface area contributed by atoms with Gasteiger partial charge >= 0.3 is 0 Å². The largest absolute Gasteiger partial charge is 0.322 e. The quantitative estimate of drug-likeness (QED) is 0.895. The molecule has 2 aromatic rings. The minimum atomic E-state index is -0.148. The predicted octanol–water partition coefficient (Wildman–Crippen LogP) is 4.02. The molecule has 2 heterocycles. The molecule has 1 N–H and O–H groups in total. The lowest BCUT2D eigenvalue weighted by atomic mass is 10.1. The van der Waals surface area contributed by atoms with Gasteiger partial charge in [-0.25, -0.2) is 0 Å². The van der Waals surface area contributed by atoms with E-state index in [2.05, 4.69) is 16.9 Å². The Morgan fingerprint density at radius 3 is 2.71 bits per heavy atom. The van der Waals surface area contributed by atoms with Crippen molar-refractivity contribution >= 4 is 45.9 Å². The Balaban J connectivity index is 1.95. The van der Waals surface area contributed by atoms with Crippen LogP contribution in [-0.4, -0.2) is 35.3 Å². The fourth-order valence-corrected chi connectivity index (χ4v) is 4.54. The second kappa shape index (κ2) is 6.21. The number of hydrogen-bond donors (Lipinski definition) is 1. The highest BCUT2D eigenvalue weighted by Gasteiger charge is 2.21. The van der Waals surface area contributed by atoms with Crippen LogP contribution in [0.25, 0.3) is 10.9 Å². The van der Waals surface area contributed by atoms with Crippen molar-refractivity contribution in [3.63, 3.8) is 0 Å². The van der Waals surface area contributed by atoms with Crippen LogP contribution < -0.4 is 5.56 Å². The maximum Gasteiger partial charge on any atom is 0.248 e. The van der Waals surface area contributed by atoms with Crippen molar-refractivity contribution in [2.45, 2.75) is 23.0 Å². The van der Waals surface area contributed by atoms with Crippen LogP contribution in [0.1, 0.15) is 12.8 Å². The normalized spacial score (nSPS) is 17.5. The van der Waals surface area contributed by atoms with Crippen LogP contribution in [0, 0.1) is 0 Å². The molecule has 0 saturated carbocycles. The molecule has 3 rings (SSSR count). The van der Waals surface area contributed by atoms with Gasteiger partial charge in [0.15, 0.2) is 0 Å². The van der Waals surface area contributed by atoms with Gasteiger partial charge < -0.3 is 9.88 Å². The van der Waals surface area contributed by atoms with Crippen molar-refractivity contribution in [2.75, 3.05) is 20.1 Å². The highest BCUT2D eigenvalue weighted by molar-refractivity contribution is 8.00. The number of hydrogen-bond acceptors (Lipinski definition) is 3. The third-order valence-electron chi connectivity index (χ3n) is 3.82. The number of piperidine rings is 1. The molecule has 6 heteroatoms. The summed E-state index contributed by atoms with van der Waals surface area (Å²) < 4.78 is 0. The minimum Gasteiger partial charge on any atom is -0.322 e. The van der Waals surface area contributed by atoms with Crippen LogP contribution in [0.2, 0.25) is 10.0 Å². The molecule has 0 spiro atoms. The summed E-state index contributed by atoms with van der Waals surface area (Å²) in [7, 11) is 2.15. The van der Waals surface area contributed by atoms with Crippen molar-refractivity contribution in [2.24, 2.45) is 0 Å². The number of rotatable bonds is 2. The average molecular weight is 343 g/mol. The number of nitrogens with zero attached hydrogens (tertiary/aromatic N) is 1. The third kappa shape index (κ3) is 3.24. The van der Waals surface area contributed by atoms with Gasteiger partial charge in [-0.05, 0) is 45.1 Å². The molecule has 1 aliphatic rings. The van der Waals surface area contributed by atoms with Crippen molar-refractivity contribution in [3.8, 4) is 0 Å². The lowest BCUT2D eigenvalue weighted by Crippen LogP contribution is -2.31. The summed E-state index contributed by atoms with van der Waals surface area (Å²) >= 11 is 14.6. The van der Waals surface area contributed by atoms with Gasteiger partial charge in [0.1, 0.15) is 0 Å². The van der Waals surface area contributed by atoms with Crippen LogP contribution in [0.3, 0.4) is 0 Å². The molecule has 1 fully saturated rings. The maximum atomic E-state index is 11.4. The molecular weight excluding hydrogens is 327 g/mol. The van der Waals surface area contributed by atoms with Crippen molar-refractivity contribution in [1.29, 1.82) is 0 Å². The molecule has 1 saturated heterocycles. The zero-order valence-corrected chi connectivity index (χ0v) is 14.0. The average Bonchev–Trinajstić information content (AvgIpc) is 2.45. The zero-order chi connectivity index (χ0) is 15.0. The SMILES string of the molecule is CN1CCC(Sc2c(Cl)cc3[nH]c(=O)ccc3c2Cl)CC1. The van der Waals surface area contributed by atoms with E-state index in [1.54, 1.807) is 23.9 Å². The number of H-pyrrole nitrogens is 1. The molecule has 1 aromatic heterocycles. The number of halogens is 2. The van der Waals surface area contributed by atoms with Gasteiger partial charge in [0.25, 0.3) is 0 Å². The van der Waals surface area contributed by atoms with Crippen molar-refractivity contribution < 1.29 is 0 Å². The monoisotopic (exact) mass is 342 g/mol. The lowest BCUT2D eigenvalue weighted by Gasteiger charge is -2.29. The van der Waals surface area contributed by atoms with Gasteiger partial charge in [0, 0.05) is 21.6 Å². The van der Waals surface area contributed by atoms with Gasteiger partial charge in [0.05, 0.1) is 15.6 Å². The summed E-state index contributed by atoms with van der Waals surface area (Å²) in [5.41, 5.74) is 0.538. The number of likely N-dealkylation sites (tertiary alicyclic amines) is 1. The Kier molecular flexibility index (Phi) is 4.50. The maximum absolute atomic E-state index is 11.4. The van der Waals surface area contributed by atoms with E-state index in [1.807, 2.05) is 0 Å². The second-order valence-corrected chi connectivity index (χ2v) is 7.50. The molecule has 0 amide bonds. The number of aromatic nitrogens is 1. The fourth-order valence-electron chi connectivity index (χ4n) is 2.59. The first kappa shape index (κ1) is 15.2. The highest BCUT2D eigenvalue weighted by Crippen LogP contribution is 2.42. The first-order chi connectivity index (χ1) is 10.0. The topological polar surface area (TPSA) is 36.1 Å². The highest BCUT2D eigenvalue weighted by atomic mass is 35.5. The van der Waals surface area contributed by atoms with Gasteiger partial charge in [-0.2, -0.15) is 0 Å². The van der Waals surface area contributed by atoms with Crippen LogP contribution in [0.5, 0.6) is 0 Å². The molecule has 0 atom stereocenters. The van der Waals surface area contributed by atoms with Gasteiger partial charge in [0.2, 0.25) is 5.56 Å². The van der Waals surface area contributed by atoms with E-state index in [-0.39, 0.29) is 5.56 Å². The van der Waals surface area contributed by atoms with E-state index in [0.29, 0.717) is 20.8 Å². The van der Waals surface area contributed by atoms with E-state index in [4.69, 9.17) is 23.2 Å². The Bertz CT molecular complexity index is 723. The Labute approximate surface area is 137 Å². The van der Waals surface area contributed by atoms with Crippen LogP contribution in [0.15, 0.2) is 27.9 Å². The number of pyridine rings is 1. The van der Waals surface area contributed by atoms with Gasteiger partial charge in [-0.3, -0.25) is 4.79 Å². The molecule has 1 aromatic carbocycles. The molecule has 0 bridgehead atoms. The summed E-state index contributed by atoms with van der Waals surface area (Å²) in [6.07, 6.45) is 2.27. The third-order valence-corrected chi connectivity index (χ3v) is 6.20. The predicted molar refractivity (Wildman–Crippen MR) is 91.0 cm³/mol. The molecule has 21 heavy (non-hydrogen) atoms. The summed E-state index contributed by atoms with van der Waals surface area (Å²) in [6, 6.07) is 5.04. The summed E-state index contributed by atoms with van der Waals surface area (Å²) in [6.45, 7) is 2.21. The summed E-state index contributed by atoms with van der Waals surface area (Å²) in [4.78, 5) is 17.4. The van der Waals surface area contributed by atoms with E-state index in [1.165, 1.54) is 6.07 Å². The second-order valence-electron chi connectivity index (χ2n) is 5.41. The van der Waals surface area contributed by atoms with Gasteiger partial charge in [-0.15, -0.1) is 11.8 Å². The zero-order valence-electron chi connectivity index (χ0n) is 11.7. The summed E-state index contributed by atoms with van der Waals surface area (Å²) in [5.74, 6) is 0. The number of fused-ring (bicyclic) bond motifs is 1. The molecule has 3 nitrogen and oxygen atoms in total. The molecule has 0 unspecified atom stereocenters. The molecule has 0 radical (unpaired) electrons. The number of thioether (sulfide) groups is 1. The van der Waals surface area contributed by atoms with E-state index in [9.17, 15) is 4.79 Å². The van der Waals surface area contributed by atoms with E-state index < -0.39 is 0 Å². The standard InChI is InChI=1S/C15H16Cl2N2OS/c1-19-6-4-9(5-7-19)21-15-11(16)8-12-10(14(15)17)2-3-13(20)18-12/h2-3,8-9H,4-7H2,1H3,(H,18,20). The minimum absolute atomic E-state index is 0.148. The number of aromatic amines is 1. The van der Waals surface area contributed by atoms with E-state index >= 15 is 0 Å². The van der Waals surface area contributed by atoms with E-state index in [0.717, 1.165) is 36.2 Å². The van der Waals surface area contributed by atoms with Crippen LogP contribution in [0.4, 0.5) is 0 Å². The molecule has 112 valence electrons. The first-order valence-electron chi connectivity index (χ1n) is 6.91. The first-order valence-corrected chi connectivity index (χ1v) is 8.54. The molecule has 0 aliphatic carbocycles. The molecule has 1 aliphatic heterocycles. The van der Waals surface area contributed by atoms with Crippen LogP contribution >= 0.6 is 35.0 Å². The Morgan fingerprint density at radius 1 is 1.29 bits per heavy atom. The Hall–Kier alpha value is -0.680. The number of benzene rings is 1. The van der Waals surface area contributed by atoms with Crippen molar-refractivity contribution in [1.82, 2.24) is 9.88 Å². The fraction of sp³-hybridized carbons (Fsp3) is 0.400. The van der Waals surface area contributed by atoms with Crippen LogP contribution in [-0.2, 0) is 0 Å².